The van der Waals surface area contributed by atoms with Gasteiger partial charge in [0.05, 0.1) is 6.20 Å². The standard InChI is InChI=1S/C13H14ClN3/c1-3-17-9-11(8-16-17)7-15-13-6-12(14)5-4-10(13)2/h3-6,8-9,15H,1,7H2,2H3. The van der Waals surface area contributed by atoms with Crippen molar-refractivity contribution in [2.75, 3.05) is 5.32 Å². The Morgan fingerprint density at radius 3 is 3.06 bits per heavy atom. The van der Waals surface area contributed by atoms with E-state index in [1.54, 1.807) is 10.9 Å². The zero-order valence-corrected chi connectivity index (χ0v) is 10.4. The predicted octanol–water partition coefficient (Wildman–Crippen LogP) is 3.56. The molecule has 0 bridgehead atoms. The van der Waals surface area contributed by atoms with Crippen LogP contribution in [0.5, 0.6) is 0 Å². The van der Waals surface area contributed by atoms with Crippen molar-refractivity contribution in [1.82, 2.24) is 9.78 Å². The van der Waals surface area contributed by atoms with E-state index in [9.17, 15) is 0 Å². The first kappa shape index (κ1) is 11.7. The van der Waals surface area contributed by atoms with E-state index >= 15 is 0 Å². The van der Waals surface area contributed by atoms with Crippen molar-refractivity contribution in [3.63, 3.8) is 0 Å². The van der Waals surface area contributed by atoms with E-state index in [-0.39, 0.29) is 0 Å². The van der Waals surface area contributed by atoms with Crippen LogP contribution in [0.15, 0.2) is 37.2 Å². The summed E-state index contributed by atoms with van der Waals surface area (Å²) < 4.78 is 1.68. The first-order valence-corrected chi connectivity index (χ1v) is 5.72. The Bertz CT molecular complexity index is 531. The Balaban J connectivity index is 2.06. The molecule has 3 nitrogen and oxygen atoms in total. The number of aryl methyl sites for hydroxylation is 1. The van der Waals surface area contributed by atoms with Crippen LogP contribution < -0.4 is 5.32 Å². The second-order valence-corrected chi connectivity index (χ2v) is 4.26. The van der Waals surface area contributed by atoms with Gasteiger partial charge in [0.25, 0.3) is 0 Å². The molecule has 0 radical (unpaired) electrons. The van der Waals surface area contributed by atoms with Gasteiger partial charge in [-0.05, 0) is 24.6 Å². The average molecular weight is 248 g/mol. The predicted molar refractivity (Wildman–Crippen MR) is 72.1 cm³/mol. The molecule has 0 amide bonds. The summed E-state index contributed by atoms with van der Waals surface area (Å²) in [6, 6.07) is 5.81. The summed E-state index contributed by atoms with van der Waals surface area (Å²) in [6.45, 7) is 6.42. The molecule has 2 rings (SSSR count). The third kappa shape index (κ3) is 2.88. The number of anilines is 1. The maximum absolute atomic E-state index is 5.96. The van der Waals surface area contributed by atoms with Gasteiger partial charge in [0.1, 0.15) is 0 Å². The zero-order chi connectivity index (χ0) is 12.3. The summed E-state index contributed by atoms with van der Waals surface area (Å²) in [5.41, 5.74) is 3.32. The first-order valence-electron chi connectivity index (χ1n) is 5.34. The highest BCUT2D eigenvalue weighted by molar-refractivity contribution is 6.30. The number of nitrogens with one attached hydrogen (secondary N) is 1. The highest BCUT2D eigenvalue weighted by Crippen LogP contribution is 2.20. The van der Waals surface area contributed by atoms with Crippen LogP contribution in [-0.2, 0) is 6.54 Å². The van der Waals surface area contributed by atoms with Crippen LogP contribution in [0.4, 0.5) is 5.69 Å². The van der Waals surface area contributed by atoms with Crippen molar-refractivity contribution in [3.8, 4) is 0 Å². The lowest BCUT2D eigenvalue weighted by atomic mass is 10.2. The number of benzene rings is 1. The van der Waals surface area contributed by atoms with E-state index in [2.05, 4.69) is 17.0 Å². The van der Waals surface area contributed by atoms with Gasteiger partial charge in [-0.1, -0.05) is 24.2 Å². The normalized spacial score (nSPS) is 10.2. The molecule has 1 aromatic heterocycles. The van der Waals surface area contributed by atoms with Gasteiger partial charge in [-0.3, -0.25) is 0 Å². The van der Waals surface area contributed by atoms with E-state index < -0.39 is 0 Å². The number of hydrogen-bond donors (Lipinski definition) is 1. The monoisotopic (exact) mass is 247 g/mol. The molecular formula is C13H14ClN3. The molecule has 0 saturated carbocycles. The summed E-state index contributed by atoms with van der Waals surface area (Å²) in [6.07, 6.45) is 5.41. The van der Waals surface area contributed by atoms with Crippen molar-refractivity contribution in [3.05, 3.63) is 53.3 Å². The first-order chi connectivity index (χ1) is 8.19. The molecule has 88 valence electrons. The number of rotatable bonds is 4. The molecule has 17 heavy (non-hydrogen) atoms. The van der Waals surface area contributed by atoms with Gasteiger partial charge in [-0.15, -0.1) is 0 Å². The van der Waals surface area contributed by atoms with Crippen LogP contribution in [0.3, 0.4) is 0 Å². The summed E-state index contributed by atoms with van der Waals surface area (Å²) >= 11 is 5.96. The fourth-order valence-electron chi connectivity index (χ4n) is 1.55. The van der Waals surface area contributed by atoms with Crippen LogP contribution in [0.25, 0.3) is 6.20 Å². The molecule has 0 fully saturated rings. The molecule has 0 aliphatic heterocycles. The highest BCUT2D eigenvalue weighted by atomic mass is 35.5. The largest absolute Gasteiger partial charge is 0.381 e. The van der Waals surface area contributed by atoms with Crippen LogP contribution in [0, 0.1) is 6.92 Å². The topological polar surface area (TPSA) is 29.9 Å². The Morgan fingerprint density at radius 1 is 1.53 bits per heavy atom. The van der Waals surface area contributed by atoms with Gasteiger partial charge >= 0.3 is 0 Å². The third-order valence-corrected chi connectivity index (χ3v) is 2.76. The second kappa shape index (κ2) is 5.06. The van der Waals surface area contributed by atoms with E-state index in [4.69, 9.17) is 11.6 Å². The van der Waals surface area contributed by atoms with E-state index in [1.807, 2.05) is 37.5 Å². The molecule has 4 heteroatoms. The van der Waals surface area contributed by atoms with Gasteiger partial charge in [0.15, 0.2) is 0 Å². The molecular weight excluding hydrogens is 234 g/mol. The van der Waals surface area contributed by atoms with Gasteiger partial charge < -0.3 is 5.32 Å². The molecule has 0 aliphatic rings. The molecule has 0 aliphatic carbocycles. The quantitative estimate of drug-likeness (QED) is 0.895. The molecule has 0 spiro atoms. The summed E-state index contributed by atoms with van der Waals surface area (Å²) in [4.78, 5) is 0. The third-order valence-electron chi connectivity index (χ3n) is 2.52. The van der Waals surface area contributed by atoms with Crippen LogP contribution in [-0.4, -0.2) is 9.78 Å². The van der Waals surface area contributed by atoms with Crippen molar-refractivity contribution in [2.45, 2.75) is 13.5 Å². The lowest BCUT2D eigenvalue weighted by Gasteiger charge is -2.08. The molecule has 0 atom stereocenters. The van der Waals surface area contributed by atoms with Crippen molar-refractivity contribution in [2.24, 2.45) is 0 Å². The van der Waals surface area contributed by atoms with Crippen LogP contribution in [0.2, 0.25) is 5.02 Å². The smallest absolute Gasteiger partial charge is 0.0543 e. The van der Waals surface area contributed by atoms with Crippen molar-refractivity contribution < 1.29 is 0 Å². The molecule has 1 heterocycles. The second-order valence-electron chi connectivity index (χ2n) is 3.82. The summed E-state index contributed by atoms with van der Waals surface area (Å²) in [5.74, 6) is 0. The van der Waals surface area contributed by atoms with Crippen LogP contribution >= 0.6 is 11.6 Å². The minimum atomic E-state index is 0.717. The van der Waals surface area contributed by atoms with Gasteiger partial charge in [0, 0.05) is 35.2 Å². The molecule has 1 aromatic carbocycles. The minimum Gasteiger partial charge on any atom is -0.381 e. The van der Waals surface area contributed by atoms with Crippen molar-refractivity contribution in [1.29, 1.82) is 0 Å². The summed E-state index contributed by atoms with van der Waals surface area (Å²) in [7, 11) is 0. The number of halogens is 1. The van der Waals surface area contributed by atoms with E-state index in [0.717, 1.165) is 22.8 Å². The fraction of sp³-hybridized carbons (Fsp3) is 0.154. The maximum Gasteiger partial charge on any atom is 0.0543 e. The zero-order valence-electron chi connectivity index (χ0n) is 9.65. The molecule has 0 saturated heterocycles. The van der Waals surface area contributed by atoms with Gasteiger partial charge in [0.2, 0.25) is 0 Å². The molecule has 2 aromatic rings. The Kier molecular flexibility index (Phi) is 3.49. The lowest BCUT2D eigenvalue weighted by molar-refractivity contribution is 0.936. The van der Waals surface area contributed by atoms with E-state index in [1.165, 1.54) is 5.56 Å². The fourth-order valence-corrected chi connectivity index (χ4v) is 1.72. The van der Waals surface area contributed by atoms with E-state index in [0.29, 0.717) is 0 Å². The Morgan fingerprint density at radius 2 is 2.35 bits per heavy atom. The van der Waals surface area contributed by atoms with Crippen LogP contribution in [0.1, 0.15) is 11.1 Å². The maximum atomic E-state index is 5.96. The lowest BCUT2D eigenvalue weighted by Crippen LogP contribution is -2.00. The van der Waals surface area contributed by atoms with Crippen molar-refractivity contribution >= 4 is 23.5 Å². The number of hydrogen-bond acceptors (Lipinski definition) is 2. The number of aromatic nitrogens is 2. The average Bonchev–Trinajstić information content (AvgIpc) is 2.78. The Labute approximate surface area is 106 Å². The van der Waals surface area contributed by atoms with Gasteiger partial charge in [-0.2, -0.15) is 5.10 Å². The highest BCUT2D eigenvalue weighted by Gasteiger charge is 2.00. The van der Waals surface area contributed by atoms with Gasteiger partial charge in [-0.25, -0.2) is 4.68 Å². The number of nitrogens with zero attached hydrogens (tertiary/aromatic N) is 2. The summed E-state index contributed by atoms with van der Waals surface area (Å²) in [5, 5.41) is 8.19. The minimum absolute atomic E-state index is 0.717. The Hall–Kier alpha value is -1.74. The SMILES string of the molecule is C=Cn1cc(CNc2cc(Cl)ccc2C)cn1. The molecule has 0 unspecified atom stereocenters. The molecule has 1 N–H and O–H groups in total.